The van der Waals surface area contributed by atoms with E-state index in [9.17, 15) is 9.90 Å². The summed E-state index contributed by atoms with van der Waals surface area (Å²) in [6, 6.07) is 0. The molecule has 0 heterocycles. The summed E-state index contributed by atoms with van der Waals surface area (Å²) in [7, 11) is 0. The van der Waals surface area contributed by atoms with E-state index in [4.69, 9.17) is 5.11 Å². The maximum atomic E-state index is 10.4. The lowest BCUT2D eigenvalue weighted by Crippen LogP contribution is -2.20. The molecule has 1 fully saturated rings. The summed E-state index contributed by atoms with van der Waals surface area (Å²) in [5.74, 6) is -1.10. The molecule has 1 saturated carbocycles. The molecule has 10 heavy (non-hydrogen) atoms. The molecule has 2 N–H and O–H groups in total. The van der Waals surface area contributed by atoms with Crippen molar-refractivity contribution in [3.05, 3.63) is 0 Å². The minimum atomic E-state index is -0.780. The first-order chi connectivity index (χ1) is 4.51. The van der Waals surface area contributed by atoms with E-state index in [1.165, 1.54) is 0 Å². The molecular weight excluding hydrogens is 132 g/mol. The van der Waals surface area contributed by atoms with Gasteiger partial charge >= 0.3 is 5.97 Å². The van der Waals surface area contributed by atoms with Crippen LogP contribution in [0.15, 0.2) is 0 Å². The van der Waals surface area contributed by atoms with Crippen LogP contribution in [0.3, 0.4) is 0 Å². The first-order valence-electron chi connectivity index (χ1n) is 3.46. The summed E-state index contributed by atoms with van der Waals surface area (Å²) in [6.07, 6.45) is 1.63. The van der Waals surface area contributed by atoms with E-state index in [2.05, 4.69) is 0 Å². The SMILES string of the molecule is C[C@]1(O)CC[C@@H](C(=O)O)C1. The van der Waals surface area contributed by atoms with E-state index in [1.54, 1.807) is 6.92 Å². The molecular formula is C7H12O3. The predicted octanol–water partition coefficient (Wildman–Crippen LogP) is 0.622. The third-order valence-corrected chi connectivity index (χ3v) is 2.07. The van der Waals surface area contributed by atoms with Crippen molar-refractivity contribution in [1.29, 1.82) is 0 Å². The van der Waals surface area contributed by atoms with Crippen molar-refractivity contribution >= 4 is 5.97 Å². The molecule has 58 valence electrons. The molecule has 0 aliphatic heterocycles. The molecule has 1 aliphatic rings. The average molecular weight is 144 g/mol. The Morgan fingerprint density at radius 3 is 2.50 bits per heavy atom. The largest absolute Gasteiger partial charge is 0.481 e. The smallest absolute Gasteiger partial charge is 0.306 e. The Morgan fingerprint density at radius 1 is 1.70 bits per heavy atom. The highest BCUT2D eigenvalue weighted by Gasteiger charge is 2.36. The molecule has 1 aliphatic carbocycles. The molecule has 0 amide bonds. The van der Waals surface area contributed by atoms with E-state index in [-0.39, 0.29) is 5.92 Å². The van der Waals surface area contributed by atoms with Crippen molar-refractivity contribution in [2.24, 2.45) is 5.92 Å². The van der Waals surface area contributed by atoms with Crippen LogP contribution in [0.25, 0.3) is 0 Å². The number of rotatable bonds is 1. The number of carboxylic acids is 1. The Labute approximate surface area is 59.7 Å². The van der Waals surface area contributed by atoms with Crippen LogP contribution in [0, 0.1) is 5.92 Å². The van der Waals surface area contributed by atoms with Crippen LogP contribution in [0.5, 0.6) is 0 Å². The zero-order chi connectivity index (χ0) is 7.78. The van der Waals surface area contributed by atoms with Crippen molar-refractivity contribution in [3.63, 3.8) is 0 Å². The van der Waals surface area contributed by atoms with Gasteiger partial charge in [-0.05, 0) is 26.2 Å². The molecule has 3 heteroatoms. The molecule has 0 aromatic rings. The van der Waals surface area contributed by atoms with Gasteiger partial charge in [-0.25, -0.2) is 0 Å². The highest BCUT2D eigenvalue weighted by Crippen LogP contribution is 2.33. The summed E-state index contributed by atoms with van der Waals surface area (Å²) >= 11 is 0. The minimum Gasteiger partial charge on any atom is -0.481 e. The van der Waals surface area contributed by atoms with Gasteiger partial charge in [-0.1, -0.05) is 0 Å². The Balaban J connectivity index is 2.51. The highest BCUT2D eigenvalue weighted by molar-refractivity contribution is 5.70. The van der Waals surface area contributed by atoms with Crippen LogP contribution < -0.4 is 0 Å². The standard InChI is InChI=1S/C7H12O3/c1-7(10)3-2-5(4-7)6(8)9/h5,10H,2-4H2,1H3,(H,8,9)/t5-,7+/m1/s1. The van der Waals surface area contributed by atoms with Gasteiger partial charge in [0.05, 0.1) is 11.5 Å². The molecule has 0 radical (unpaired) electrons. The molecule has 0 spiro atoms. The fraction of sp³-hybridized carbons (Fsp3) is 0.857. The third kappa shape index (κ3) is 1.48. The van der Waals surface area contributed by atoms with Crippen molar-refractivity contribution in [2.45, 2.75) is 31.8 Å². The molecule has 0 bridgehead atoms. The van der Waals surface area contributed by atoms with Crippen molar-refractivity contribution in [3.8, 4) is 0 Å². The van der Waals surface area contributed by atoms with Gasteiger partial charge in [-0.3, -0.25) is 4.79 Å². The zero-order valence-corrected chi connectivity index (χ0v) is 6.00. The predicted molar refractivity (Wildman–Crippen MR) is 35.6 cm³/mol. The van der Waals surface area contributed by atoms with Gasteiger partial charge in [-0.15, -0.1) is 0 Å². The van der Waals surface area contributed by atoms with Gasteiger partial charge < -0.3 is 10.2 Å². The summed E-state index contributed by atoms with van der Waals surface area (Å²) in [4.78, 5) is 10.4. The topological polar surface area (TPSA) is 57.5 Å². The van der Waals surface area contributed by atoms with Crippen molar-refractivity contribution in [2.75, 3.05) is 0 Å². The van der Waals surface area contributed by atoms with Crippen LogP contribution in [0.4, 0.5) is 0 Å². The first-order valence-corrected chi connectivity index (χ1v) is 3.46. The molecule has 0 unspecified atom stereocenters. The third-order valence-electron chi connectivity index (χ3n) is 2.07. The minimum absolute atomic E-state index is 0.324. The van der Waals surface area contributed by atoms with Crippen LogP contribution in [-0.2, 0) is 4.79 Å². The fourth-order valence-corrected chi connectivity index (χ4v) is 1.43. The lowest BCUT2D eigenvalue weighted by Gasteiger charge is -2.13. The summed E-state index contributed by atoms with van der Waals surface area (Å²) in [6.45, 7) is 1.69. The van der Waals surface area contributed by atoms with E-state index in [0.29, 0.717) is 19.3 Å². The van der Waals surface area contributed by atoms with E-state index < -0.39 is 11.6 Å². The number of hydrogen-bond donors (Lipinski definition) is 2. The molecule has 0 aromatic carbocycles. The Morgan fingerprint density at radius 2 is 2.30 bits per heavy atom. The van der Waals surface area contributed by atoms with Crippen LogP contribution in [-0.4, -0.2) is 21.8 Å². The summed E-state index contributed by atoms with van der Waals surface area (Å²) in [5.41, 5.74) is -0.733. The van der Waals surface area contributed by atoms with Gasteiger partial charge in [0, 0.05) is 0 Å². The van der Waals surface area contributed by atoms with Crippen LogP contribution in [0.2, 0.25) is 0 Å². The summed E-state index contributed by atoms with van der Waals surface area (Å²) < 4.78 is 0. The lowest BCUT2D eigenvalue weighted by molar-refractivity contribution is -0.142. The normalized spacial score (nSPS) is 40.0. The zero-order valence-electron chi connectivity index (χ0n) is 6.00. The molecule has 0 aromatic heterocycles. The highest BCUT2D eigenvalue weighted by atomic mass is 16.4. The number of carbonyl (C=O) groups is 1. The number of aliphatic hydroxyl groups is 1. The van der Waals surface area contributed by atoms with Gasteiger partial charge in [-0.2, -0.15) is 0 Å². The molecule has 3 nitrogen and oxygen atoms in total. The Bertz CT molecular complexity index is 151. The van der Waals surface area contributed by atoms with E-state index in [0.717, 1.165) is 0 Å². The fourth-order valence-electron chi connectivity index (χ4n) is 1.43. The summed E-state index contributed by atoms with van der Waals surface area (Å²) in [5, 5.41) is 17.9. The van der Waals surface area contributed by atoms with Gasteiger partial charge in [0.25, 0.3) is 0 Å². The quantitative estimate of drug-likeness (QED) is 0.567. The van der Waals surface area contributed by atoms with Gasteiger partial charge in [0.15, 0.2) is 0 Å². The lowest BCUT2D eigenvalue weighted by atomic mass is 10.0. The van der Waals surface area contributed by atoms with Crippen LogP contribution in [0.1, 0.15) is 26.2 Å². The Kier molecular flexibility index (Phi) is 1.68. The number of hydrogen-bond acceptors (Lipinski definition) is 2. The first kappa shape index (κ1) is 7.54. The molecule has 1 rings (SSSR count). The second kappa shape index (κ2) is 2.23. The molecule has 0 saturated heterocycles. The second-order valence-electron chi connectivity index (χ2n) is 3.27. The average Bonchev–Trinajstić information content (AvgIpc) is 2.10. The monoisotopic (exact) mass is 144 g/mol. The van der Waals surface area contributed by atoms with Crippen LogP contribution >= 0.6 is 0 Å². The van der Waals surface area contributed by atoms with Crippen molar-refractivity contribution in [1.82, 2.24) is 0 Å². The van der Waals surface area contributed by atoms with E-state index >= 15 is 0 Å². The van der Waals surface area contributed by atoms with Gasteiger partial charge in [0.1, 0.15) is 0 Å². The Hall–Kier alpha value is -0.570. The molecule has 2 atom stereocenters. The van der Waals surface area contributed by atoms with E-state index in [1.807, 2.05) is 0 Å². The number of aliphatic carboxylic acids is 1. The number of carboxylic acid groups (broad SMARTS) is 1. The maximum Gasteiger partial charge on any atom is 0.306 e. The van der Waals surface area contributed by atoms with Gasteiger partial charge in [0.2, 0.25) is 0 Å². The maximum absolute atomic E-state index is 10.4. The second-order valence-corrected chi connectivity index (χ2v) is 3.27. The van der Waals surface area contributed by atoms with Crippen molar-refractivity contribution < 1.29 is 15.0 Å².